The summed E-state index contributed by atoms with van der Waals surface area (Å²) in [6.45, 7) is 4.86. The van der Waals surface area contributed by atoms with Crippen molar-refractivity contribution in [3.63, 3.8) is 0 Å². The molecule has 0 saturated carbocycles. The van der Waals surface area contributed by atoms with E-state index < -0.39 is 18.0 Å². The lowest BCUT2D eigenvalue weighted by atomic mass is 10.0. The molecular weight excluding hydrogens is 276 g/mol. The van der Waals surface area contributed by atoms with Crippen molar-refractivity contribution in [2.24, 2.45) is 0 Å². The number of hydrogen-bond donors (Lipinski definition) is 3. The lowest BCUT2D eigenvalue weighted by Crippen LogP contribution is -2.54. The van der Waals surface area contributed by atoms with Crippen molar-refractivity contribution in [1.29, 1.82) is 0 Å². The molecule has 1 aromatic heterocycles. The lowest BCUT2D eigenvalue weighted by Gasteiger charge is -2.33. The molecule has 0 aromatic carbocycles. The van der Waals surface area contributed by atoms with Gasteiger partial charge < -0.3 is 25.0 Å². The number of carbonyl (C=O) groups excluding carboxylic acids is 1. The molecule has 2 unspecified atom stereocenters. The molecule has 116 valence electrons. The lowest BCUT2D eigenvalue weighted by molar-refractivity contribution is -0.142. The summed E-state index contributed by atoms with van der Waals surface area (Å²) < 4.78 is 5.24. The van der Waals surface area contributed by atoms with E-state index in [2.05, 4.69) is 15.3 Å². The van der Waals surface area contributed by atoms with E-state index in [4.69, 9.17) is 4.74 Å². The number of carbonyl (C=O) groups is 2. The highest BCUT2D eigenvalue weighted by Gasteiger charge is 2.36. The molecule has 1 aromatic rings. The molecule has 8 nitrogen and oxygen atoms in total. The zero-order valence-electron chi connectivity index (χ0n) is 12.1. The molecule has 1 aliphatic heterocycles. The molecule has 0 fully saturated rings. The minimum Gasteiger partial charge on any atom is -0.480 e. The van der Waals surface area contributed by atoms with E-state index in [-0.39, 0.29) is 19.0 Å². The van der Waals surface area contributed by atoms with Crippen LogP contribution in [0.2, 0.25) is 0 Å². The summed E-state index contributed by atoms with van der Waals surface area (Å²) in [7, 11) is 0. The molecule has 8 heteroatoms. The smallest absolute Gasteiger partial charge is 0.326 e. The minimum absolute atomic E-state index is 0.185. The summed E-state index contributed by atoms with van der Waals surface area (Å²) in [6.07, 6.45) is 1.73. The molecule has 0 bridgehead atoms. The van der Waals surface area contributed by atoms with Crippen LogP contribution in [0.1, 0.15) is 25.2 Å². The third-order valence-electron chi connectivity index (χ3n) is 3.39. The Morgan fingerprint density at radius 3 is 3.10 bits per heavy atom. The fraction of sp³-hybridized carbons (Fsp3) is 0.615. The number of amides is 2. The number of nitrogens with one attached hydrogen (secondary N) is 2. The summed E-state index contributed by atoms with van der Waals surface area (Å²) in [5.41, 5.74) is 1.48. The Morgan fingerprint density at radius 2 is 2.43 bits per heavy atom. The topological polar surface area (TPSA) is 108 Å². The number of carboxylic acid groups (broad SMARTS) is 1. The number of nitrogens with zero attached hydrogens (tertiary/aromatic N) is 2. The average Bonchev–Trinajstić information content (AvgIpc) is 2.90. The summed E-state index contributed by atoms with van der Waals surface area (Å²) in [5, 5.41) is 12.1. The minimum atomic E-state index is -1.03. The molecule has 0 spiro atoms. The number of aromatic nitrogens is 2. The maximum absolute atomic E-state index is 12.3. The highest BCUT2D eigenvalue weighted by atomic mass is 16.5. The van der Waals surface area contributed by atoms with Crippen molar-refractivity contribution in [2.45, 2.75) is 38.9 Å². The van der Waals surface area contributed by atoms with Gasteiger partial charge in [-0.05, 0) is 13.8 Å². The quantitative estimate of drug-likeness (QED) is 0.727. The van der Waals surface area contributed by atoms with Crippen molar-refractivity contribution in [3.8, 4) is 0 Å². The van der Waals surface area contributed by atoms with Gasteiger partial charge in [0.2, 0.25) is 0 Å². The van der Waals surface area contributed by atoms with Crippen LogP contribution in [0.4, 0.5) is 4.79 Å². The molecule has 21 heavy (non-hydrogen) atoms. The van der Waals surface area contributed by atoms with Crippen LogP contribution in [0.5, 0.6) is 0 Å². The molecule has 2 atom stereocenters. The molecule has 2 rings (SSSR count). The van der Waals surface area contributed by atoms with E-state index >= 15 is 0 Å². The van der Waals surface area contributed by atoms with E-state index in [9.17, 15) is 14.7 Å². The highest BCUT2D eigenvalue weighted by Crippen LogP contribution is 2.20. The standard InChI is InChI=1S/C13H20N4O4/c1-3-21-6-8(2)16-13(20)17-5-10-9(14-7-15-10)4-11(17)12(18)19/h7-8,11H,3-6H2,1-2H3,(H,14,15)(H,16,20)(H,18,19). The summed E-state index contributed by atoms with van der Waals surface area (Å²) in [4.78, 5) is 32.0. The molecule has 3 N–H and O–H groups in total. The zero-order chi connectivity index (χ0) is 15.4. The number of aliphatic carboxylic acids is 1. The van der Waals surface area contributed by atoms with Crippen molar-refractivity contribution in [3.05, 3.63) is 17.7 Å². The van der Waals surface area contributed by atoms with Gasteiger partial charge in [0.1, 0.15) is 6.04 Å². The van der Waals surface area contributed by atoms with Crippen molar-refractivity contribution in [1.82, 2.24) is 20.2 Å². The molecule has 0 aliphatic carbocycles. The highest BCUT2D eigenvalue weighted by molar-refractivity contribution is 5.83. The van der Waals surface area contributed by atoms with Gasteiger partial charge in [0, 0.05) is 13.0 Å². The van der Waals surface area contributed by atoms with Crippen LogP contribution in [-0.4, -0.2) is 57.3 Å². The van der Waals surface area contributed by atoms with Crippen LogP contribution in [0.15, 0.2) is 6.33 Å². The molecule has 0 radical (unpaired) electrons. The van der Waals surface area contributed by atoms with Gasteiger partial charge in [0.25, 0.3) is 0 Å². The first-order valence-corrected chi connectivity index (χ1v) is 6.91. The van der Waals surface area contributed by atoms with Gasteiger partial charge in [0.15, 0.2) is 0 Å². The Morgan fingerprint density at radius 1 is 1.67 bits per heavy atom. The summed E-state index contributed by atoms with van der Waals surface area (Å²) >= 11 is 0. The van der Waals surface area contributed by atoms with E-state index in [1.165, 1.54) is 11.2 Å². The average molecular weight is 296 g/mol. The summed E-state index contributed by atoms with van der Waals surface area (Å²) in [5.74, 6) is -1.03. The van der Waals surface area contributed by atoms with Gasteiger partial charge in [-0.15, -0.1) is 0 Å². The van der Waals surface area contributed by atoms with Gasteiger partial charge in [-0.1, -0.05) is 0 Å². The maximum Gasteiger partial charge on any atom is 0.326 e. The van der Waals surface area contributed by atoms with Gasteiger partial charge in [-0.3, -0.25) is 0 Å². The molecule has 2 heterocycles. The molecular formula is C13H20N4O4. The van der Waals surface area contributed by atoms with Crippen LogP contribution in [0.25, 0.3) is 0 Å². The zero-order valence-corrected chi connectivity index (χ0v) is 12.1. The van der Waals surface area contributed by atoms with Gasteiger partial charge >= 0.3 is 12.0 Å². The number of rotatable bonds is 5. The molecule has 2 amide bonds. The van der Waals surface area contributed by atoms with E-state index in [1.807, 2.05) is 13.8 Å². The van der Waals surface area contributed by atoms with Crippen LogP contribution < -0.4 is 5.32 Å². The Hall–Kier alpha value is -2.09. The first kappa shape index (κ1) is 15.3. The first-order chi connectivity index (χ1) is 10.0. The van der Waals surface area contributed by atoms with E-state index in [0.717, 1.165) is 5.69 Å². The van der Waals surface area contributed by atoms with Crippen LogP contribution in [-0.2, 0) is 22.5 Å². The van der Waals surface area contributed by atoms with Crippen molar-refractivity contribution in [2.75, 3.05) is 13.2 Å². The van der Waals surface area contributed by atoms with E-state index in [1.54, 1.807) is 0 Å². The van der Waals surface area contributed by atoms with E-state index in [0.29, 0.717) is 18.9 Å². The number of ether oxygens (including phenoxy) is 1. The van der Waals surface area contributed by atoms with Gasteiger partial charge in [-0.25, -0.2) is 14.6 Å². The fourth-order valence-electron chi connectivity index (χ4n) is 2.30. The second-order valence-corrected chi connectivity index (χ2v) is 5.02. The number of urea groups is 1. The maximum atomic E-state index is 12.3. The largest absolute Gasteiger partial charge is 0.480 e. The normalized spacial score (nSPS) is 19.0. The predicted octanol–water partition coefficient (Wildman–Crippen LogP) is 0.356. The Labute approximate surface area is 122 Å². The second kappa shape index (κ2) is 6.57. The number of hydrogen-bond acceptors (Lipinski definition) is 4. The van der Waals surface area contributed by atoms with Gasteiger partial charge in [-0.2, -0.15) is 0 Å². The van der Waals surface area contributed by atoms with Crippen LogP contribution >= 0.6 is 0 Å². The van der Waals surface area contributed by atoms with Crippen LogP contribution in [0, 0.1) is 0 Å². The number of fused-ring (bicyclic) bond motifs is 1. The van der Waals surface area contributed by atoms with Crippen molar-refractivity contribution >= 4 is 12.0 Å². The summed E-state index contributed by atoms with van der Waals surface area (Å²) in [6, 6.07) is -1.50. The Bertz CT molecular complexity index is 516. The predicted molar refractivity (Wildman–Crippen MR) is 73.7 cm³/mol. The second-order valence-electron chi connectivity index (χ2n) is 5.02. The van der Waals surface area contributed by atoms with Crippen molar-refractivity contribution < 1.29 is 19.4 Å². The first-order valence-electron chi connectivity index (χ1n) is 6.91. The number of aromatic amines is 1. The number of imidazole rings is 1. The third-order valence-corrected chi connectivity index (χ3v) is 3.39. The molecule has 1 aliphatic rings. The monoisotopic (exact) mass is 296 g/mol. The number of H-pyrrole nitrogens is 1. The number of carboxylic acids is 1. The molecule has 0 saturated heterocycles. The van der Waals surface area contributed by atoms with Gasteiger partial charge in [0.05, 0.1) is 36.9 Å². The fourth-order valence-corrected chi connectivity index (χ4v) is 2.30. The van der Waals surface area contributed by atoms with Crippen LogP contribution in [0.3, 0.4) is 0 Å². The Balaban J connectivity index is 2.05. The SMILES string of the molecule is CCOCC(C)NC(=O)N1Cc2[nH]cnc2CC1C(=O)O. The third kappa shape index (κ3) is 3.52. The Kier molecular flexibility index (Phi) is 4.79.